The van der Waals surface area contributed by atoms with Gasteiger partial charge in [0.05, 0.1) is 11.1 Å². The highest BCUT2D eigenvalue weighted by Crippen LogP contribution is 2.31. The molecule has 0 amide bonds. The van der Waals surface area contributed by atoms with E-state index in [1.54, 1.807) is 24.3 Å². The third-order valence-corrected chi connectivity index (χ3v) is 6.04. The van der Waals surface area contributed by atoms with Gasteiger partial charge in [-0.3, -0.25) is 9.59 Å². The molecule has 7 N–H and O–H groups in total. The van der Waals surface area contributed by atoms with Gasteiger partial charge < -0.3 is 44.6 Å². The van der Waals surface area contributed by atoms with Gasteiger partial charge in [-0.2, -0.15) is 0 Å². The van der Waals surface area contributed by atoms with Crippen LogP contribution >= 0.6 is 0 Å². The smallest absolute Gasteiger partial charge is 0.204 e. The van der Waals surface area contributed by atoms with Crippen molar-refractivity contribution in [2.75, 3.05) is 7.11 Å². The highest BCUT2D eigenvalue weighted by atomic mass is 16.3. The molecule has 0 saturated heterocycles. The number of phenols is 6. The molecule has 222 valence electrons. The molecule has 11 nitrogen and oxygen atoms in total. The lowest BCUT2D eigenvalue weighted by molar-refractivity contribution is 0.399. The Morgan fingerprint density at radius 2 is 0.814 bits per heavy atom. The molecule has 4 aromatic carbocycles. The van der Waals surface area contributed by atoms with Crippen molar-refractivity contribution >= 4 is 21.9 Å². The SMILES string of the molecule is C.CO.O=c1c(-c2ccc(O)cc2)coc2cc(O)cc(O)c12.O=c1c(-c2ccc(O)cc2)coc2cc(O)cc(O)c12. The van der Waals surface area contributed by atoms with Gasteiger partial charge in [0.1, 0.15) is 69.0 Å². The van der Waals surface area contributed by atoms with Gasteiger partial charge in [0.25, 0.3) is 0 Å². The van der Waals surface area contributed by atoms with Gasteiger partial charge in [-0.25, -0.2) is 0 Å². The first-order chi connectivity index (χ1) is 20.1. The largest absolute Gasteiger partial charge is 0.508 e. The Morgan fingerprint density at radius 3 is 1.14 bits per heavy atom. The van der Waals surface area contributed by atoms with Crippen LogP contribution in [0.15, 0.2) is 104 Å². The van der Waals surface area contributed by atoms with Crippen LogP contribution in [0, 0.1) is 0 Å². The minimum Gasteiger partial charge on any atom is -0.508 e. The lowest BCUT2D eigenvalue weighted by atomic mass is 10.0. The third kappa shape index (κ3) is 6.53. The number of phenolic OH excluding ortho intramolecular Hbond substituents is 6. The quantitative estimate of drug-likeness (QED) is 0.136. The zero-order chi connectivity index (χ0) is 30.6. The van der Waals surface area contributed by atoms with Crippen molar-refractivity contribution in [1.29, 1.82) is 0 Å². The van der Waals surface area contributed by atoms with Crippen LogP contribution < -0.4 is 10.9 Å². The molecule has 0 spiro atoms. The van der Waals surface area contributed by atoms with Crippen LogP contribution in [0.5, 0.6) is 34.5 Å². The molecule has 0 atom stereocenters. The van der Waals surface area contributed by atoms with Gasteiger partial charge in [-0.1, -0.05) is 31.7 Å². The zero-order valence-electron chi connectivity index (χ0n) is 21.8. The van der Waals surface area contributed by atoms with Crippen molar-refractivity contribution < 1.29 is 44.6 Å². The van der Waals surface area contributed by atoms with E-state index >= 15 is 0 Å². The maximum Gasteiger partial charge on any atom is 0.204 e. The summed E-state index contributed by atoms with van der Waals surface area (Å²) < 4.78 is 10.6. The van der Waals surface area contributed by atoms with E-state index < -0.39 is 10.9 Å². The van der Waals surface area contributed by atoms with E-state index in [4.69, 9.17) is 13.9 Å². The molecular formula is C32H28O11. The molecular weight excluding hydrogens is 560 g/mol. The van der Waals surface area contributed by atoms with Crippen LogP contribution in [0.25, 0.3) is 44.2 Å². The van der Waals surface area contributed by atoms with E-state index in [9.17, 15) is 40.2 Å². The Bertz CT molecular complexity index is 1840. The number of aliphatic hydroxyl groups excluding tert-OH is 1. The number of rotatable bonds is 2. The molecule has 0 radical (unpaired) electrons. The topological polar surface area (TPSA) is 202 Å². The summed E-state index contributed by atoms with van der Waals surface area (Å²) in [6, 6.07) is 16.8. The second-order valence-electron chi connectivity index (χ2n) is 8.73. The van der Waals surface area contributed by atoms with Crippen LogP contribution in [0.4, 0.5) is 0 Å². The van der Waals surface area contributed by atoms with Gasteiger partial charge in [0, 0.05) is 31.4 Å². The van der Waals surface area contributed by atoms with Gasteiger partial charge in [-0.15, -0.1) is 0 Å². The second-order valence-corrected chi connectivity index (χ2v) is 8.73. The van der Waals surface area contributed by atoms with Crippen molar-refractivity contribution in [3.05, 3.63) is 106 Å². The summed E-state index contributed by atoms with van der Waals surface area (Å²) >= 11 is 0. The number of benzene rings is 4. The fourth-order valence-corrected chi connectivity index (χ4v) is 4.12. The van der Waals surface area contributed by atoms with E-state index in [2.05, 4.69) is 0 Å². The van der Waals surface area contributed by atoms with E-state index in [1.807, 2.05) is 0 Å². The summed E-state index contributed by atoms with van der Waals surface area (Å²) in [7, 11) is 1.00. The fourth-order valence-electron chi connectivity index (χ4n) is 4.12. The first-order valence-electron chi connectivity index (χ1n) is 12.1. The number of aliphatic hydroxyl groups is 1. The zero-order valence-corrected chi connectivity index (χ0v) is 21.8. The van der Waals surface area contributed by atoms with Crippen molar-refractivity contribution in [2.45, 2.75) is 7.43 Å². The number of hydrogen-bond acceptors (Lipinski definition) is 11. The molecule has 0 unspecified atom stereocenters. The van der Waals surface area contributed by atoms with Crippen LogP contribution in [-0.4, -0.2) is 42.9 Å². The average Bonchev–Trinajstić information content (AvgIpc) is 2.95. The minimum atomic E-state index is -0.408. The van der Waals surface area contributed by atoms with E-state index in [-0.39, 0.29) is 75.0 Å². The molecule has 6 rings (SSSR count). The molecule has 11 heteroatoms. The summed E-state index contributed by atoms with van der Waals surface area (Å²) in [5, 5.41) is 63.8. The highest BCUT2D eigenvalue weighted by Gasteiger charge is 2.15. The van der Waals surface area contributed by atoms with Gasteiger partial charge in [0.15, 0.2) is 0 Å². The Morgan fingerprint density at radius 1 is 0.488 bits per heavy atom. The Balaban J connectivity index is 0.000000218. The molecule has 0 saturated carbocycles. The highest BCUT2D eigenvalue weighted by molar-refractivity contribution is 5.89. The van der Waals surface area contributed by atoms with E-state index in [0.717, 1.165) is 19.2 Å². The first-order valence-corrected chi connectivity index (χ1v) is 12.1. The molecule has 2 aromatic heterocycles. The van der Waals surface area contributed by atoms with Gasteiger partial charge >= 0.3 is 0 Å². The number of hydrogen-bond donors (Lipinski definition) is 7. The lowest BCUT2D eigenvalue weighted by Crippen LogP contribution is -2.04. The summed E-state index contributed by atoms with van der Waals surface area (Å²) in [6.07, 6.45) is 2.52. The predicted molar refractivity (Wildman–Crippen MR) is 161 cm³/mol. The summed E-state index contributed by atoms with van der Waals surface area (Å²) in [6.45, 7) is 0. The van der Waals surface area contributed by atoms with Gasteiger partial charge in [-0.05, 0) is 35.4 Å². The molecule has 6 aromatic rings. The van der Waals surface area contributed by atoms with E-state index in [1.165, 1.54) is 48.9 Å². The van der Waals surface area contributed by atoms with Gasteiger partial charge in [0.2, 0.25) is 10.9 Å². The Labute approximate surface area is 243 Å². The van der Waals surface area contributed by atoms with Crippen molar-refractivity contribution in [2.24, 2.45) is 0 Å². The lowest BCUT2D eigenvalue weighted by Gasteiger charge is -2.05. The molecule has 0 fully saturated rings. The van der Waals surface area contributed by atoms with Crippen LogP contribution in [0.2, 0.25) is 0 Å². The normalized spacial score (nSPS) is 10.2. The fraction of sp³-hybridized carbons (Fsp3) is 0.0625. The first kappa shape index (κ1) is 31.6. The van der Waals surface area contributed by atoms with Crippen molar-refractivity contribution in [1.82, 2.24) is 0 Å². The summed E-state index contributed by atoms with van der Waals surface area (Å²) in [5.41, 5.74) is 1.04. The maximum absolute atomic E-state index is 12.4. The Kier molecular flexibility index (Phi) is 9.66. The van der Waals surface area contributed by atoms with Crippen molar-refractivity contribution in [3.63, 3.8) is 0 Å². The molecule has 0 aliphatic carbocycles. The van der Waals surface area contributed by atoms with Crippen LogP contribution in [0.1, 0.15) is 7.43 Å². The molecule has 43 heavy (non-hydrogen) atoms. The number of aromatic hydroxyl groups is 6. The number of fused-ring (bicyclic) bond motifs is 2. The standard InChI is InChI=1S/2C15H10O5.CH4O.CH4/c2*16-9-3-1-8(2-4-9)11-7-20-13-6-10(17)5-12(18)14(13)15(11)19;1-2;/h2*1-7,16-18H;2H,1H3;1H4. The minimum absolute atomic E-state index is 0. The predicted octanol–water partition coefficient (Wildman–Crippen LogP) is 5.40. The van der Waals surface area contributed by atoms with Crippen molar-refractivity contribution in [3.8, 4) is 56.8 Å². The third-order valence-electron chi connectivity index (χ3n) is 6.04. The molecule has 0 bridgehead atoms. The summed E-state index contributed by atoms with van der Waals surface area (Å²) in [4.78, 5) is 24.8. The van der Waals surface area contributed by atoms with Crippen LogP contribution in [-0.2, 0) is 0 Å². The molecule has 2 heterocycles. The maximum atomic E-state index is 12.4. The second kappa shape index (κ2) is 13.1. The van der Waals surface area contributed by atoms with E-state index in [0.29, 0.717) is 11.1 Å². The molecule has 0 aliphatic rings. The van der Waals surface area contributed by atoms with Crippen LogP contribution in [0.3, 0.4) is 0 Å². The monoisotopic (exact) mass is 588 g/mol. The molecule has 0 aliphatic heterocycles. The Hall–Kier alpha value is -5.94. The summed E-state index contributed by atoms with van der Waals surface area (Å²) in [5.74, 6) is -0.867. The average molecular weight is 589 g/mol.